The summed E-state index contributed by atoms with van der Waals surface area (Å²) in [7, 11) is 0. The fraction of sp³-hybridized carbons (Fsp3) is 0.367. The minimum absolute atomic E-state index is 0.152. The summed E-state index contributed by atoms with van der Waals surface area (Å²) in [6, 6.07) is 20.3. The zero-order valence-corrected chi connectivity index (χ0v) is 20.7. The highest BCUT2D eigenvalue weighted by molar-refractivity contribution is 5.87. The molecular weight excluding hydrogens is 408 g/mol. The maximum absolute atomic E-state index is 11.0. The lowest BCUT2D eigenvalue weighted by atomic mass is 9.85. The molecule has 0 amide bonds. The van der Waals surface area contributed by atoms with Crippen molar-refractivity contribution >= 4 is 5.97 Å². The van der Waals surface area contributed by atoms with Crippen LogP contribution in [0.15, 0.2) is 60.7 Å². The Balaban J connectivity index is 1.60. The zero-order chi connectivity index (χ0) is 24.2. The lowest BCUT2D eigenvalue weighted by Gasteiger charge is -2.20. The number of carboxylic acid groups (broad SMARTS) is 1. The van der Waals surface area contributed by atoms with Crippen molar-refractivity contribution in [2.75, 3.05) is 6.61 Å². The van der Waals surface area contributed by atoms with Crippen molar-refractivity contribution in [2.45, 2.75) is 59.8 Å². The molecule has 0 saturated carbocycles. The number of benzene rings is 3. The van der Waals surface area contributed by atoms with E-state index in [1.165, 1.54) is 27.8 Å². The molecule has 1 N–H and O–H groups in total. The molecule has 0 heterocycles. The van der Waals surface area contributed by atoms with Gasteiger partial charge in [0.05, 0.1) is 12.2 Å². The molecule has 0 spiro atoms. The van der Waals surface area contributed by atoms with Crippen LogP contribution in [-0.4, -0.2) is 17.7 Å². The van der Waals surface area contributed by atoms with Gasteiger partial charge in [-0.25, -0.2) is 4.79 Å². The van der Waals surface area contributed by atoms with Crippen LogP contribution in [0.3, 0.4) is 0 Å². The molecule has 33 heavy (non-hydrogen) atoms. The van der Waals surface area contributed by atoms with E-state index in [9.17, 15) is 4.79 Å². The van der Waals surface area contributed by atoms with Crippen LogP contribution in [0, 0.1) is 19.8 Å². The molecule has 0 radical (unpaired) electrons. The van der Waals surface area contributed by atoms with Crippen LogP contribution >= 0.6 is 0 Å². The molecule has 3 heteroatoms. The molecule has 3 aromatic carbocycles. The smallest absolute Gasteiger partial charge is 0.335 e. The molecule has 0 fully saturated rings. The summed E-state index contributed by atoms with van der Waals surface area (Å²) in [6.07, 6.45) is 1.90. The van der Waals surface area contributed by atoms with Gasteiger partial charge in [0.15, 0.2) is 0 Å². The highest BCUT2D eigenvalue weighted by Crippen LogP contribution is 2.33. The Labute approximate surface area is 198 Å². The second-order valence-electron chi connectivity index (χ2n) is 10.2. The standard InChI is InChI=1S/C30H36O3/c1-20(7-8-23-9-11-25(12-10-23)29(31)32)19-33-27-17-21(2)28(22(3)18-27)24-13-15-26(16-14-24)30(4,5)6/h9-18,20H,7-8,19H2,1-6H3,(H,31,32). The fourth-order valence-corrected chi connectivity index (χ4v) is 4.15. The molecule has 3 aromatic rings. The SMILES string of the molecule is Cc1cc(OCC(C)CCc2ccc(C(=O)O)cc2)cc(C)c1-c1ccc(C(C)(C)C)cc1. The number of rotatable bonds is 8. The van der Waals surface area contributed by atoms with Crippen LogP contribution < -0.4 is 4.74 Å². The average molecular weight is 445 g/mol. The van der Waals surface area contributed by atoms with Gasteiger partial charge in [0.2, 0.25) is 0 Å². The molecule has 174 valence electrons. The van der Waals surface area contributed by atoms with E-state index in [-0.39, 0.29) is 5.41 Å². The van der Waals surface area contributed by atoms with Crippen LogP contribution in [0.25, 0.3) is 11.1 Å². The van der Waals surface area contributed by atoms with Gasteiger partial charge in [0.1, 0.15) is 5.75 Å². The number of ether oxygens (including phenoxy) is 1. The van der Waals surface area contributed by atoms with Crippen molar-refractivity contribution < 1.29 is 14.6 Å². The molecule has 0 aliphatic heterocycles. The lowest BCUT2D eigenvalue weighted by Crippen LogP contribution is -2.10. The van der Waals surface area contributed by atoms with Gasteiger partial charge in [0.25, 0.3) is 0 Å². The summed E-state index contributed by atoms with van der Waals surface area (Å²) in [6.45, 7) is 13.9. The predicted octanol–water partition coefficient (Wildman–Crippen LogP) is 7.61. The maximum Gasteiger partial charge on any atom is 0.335 e. The van der Waals surface area contributed by atoms with Gasteiger partial charge in [-0.1, -0.05) is 64.1 Å². The highest BCUT2D eigenvalue weighted by Gasteiger charge is 2.15. The second-order valence-corrected chi connectivity index (χ2v) is 10.2. The third-order valence-electron chi connectivity index (χ3n) is 6.21. The van der Waals surface area contributed by atoms with Crippen LogP contribution in [0.4, 0.5) is 0 Å². The van der Waals surface area contributed by atoms with E-state index in [4.69, 9.17) is 9.84 Å². The normalized spacial score (nSPS) is 12.4. The summed E-state index contributed by atoms with van der Waals surface area (Å²) in [5, 5.41) is 9.02. The van der Waals surface area contributed by atoms with Gasteiger partial charge in [0, 0.05) is 0 Å². The topological polar surface area (TPSA) is 46.5 Å². The third kappa shape index (κ3) is 6.47. The molecule has 0 bridgehead atoms. The molecule has 0 saturated heterocycles. The number of carboxylic acids is 1. The van der Waals surface area contributed by atoms with Crippen LogP contribution in [0.5, 0.6) is 5.75 Å². The molecule has 0 aliphatic carbocycles. The summed E-state index contributed by atoms with van der Waals surface area (Å²) in [5.74, 6) is 0.425. The van der Waals surface area contributed by atoms with E-state index in [1.54, 1.807) is 12.1 Å². The Morgan fingerprint density at radius 2 is 1.52 bits per heavy atom. The van der Waals surface area contributed by atoms with Crippen molar-refractivity contribution in [1.82, 2.24) is 0 Å². The number of hydrogen-bond acceptors (Lipinski definition) is 2. The molecule has 0 aromatic heterocycles. The predicted molar refractivity (Wildman–Crippen MR) is 136 cm³/mol. The van der Waals surface area contributed by atoms with Gasteiger partial charge in [-0.05, 0) is 95.7 Å². The molecule has 3 rings (SSSR count). The first-order chi connectivity index (χ1) is 15.5. The Bertz CT molecular complexity index is 1060. The molecular formula is C30H36O3. The molecule has 0 aliphatic rings. The number of carbonyl (C=O) groups is 1. The summed E-state index contributed by atoms with van der Waals surface area (Å²) >= 11 is 0. The van der Waals surface area contributed by atoms with Gasteiger partial charge >= 0.3 is 5.97 Å². The Morgan fingerprint density at radius 1 is 0.939 bits per heavy atom. The summed E-state index contributed by atoms with van der Waals surface area (Å²) in [5.41, 5.74) is 7.94. The maximum atomic E-state index is 11.0. The van der Waals surface area contributed by atoms with Crippen molar-refractivity contribution in [3.63, 3.8) is 0 Å². The molecule has 1 unspecified atom stereocenters. The Morgan fingerprint density at radius 3 is 2.03 bits per heavy atom. The minimum atomic E-state index is -0.887. The van der Waals surface area contributed by atoms with E-state index in [0.29, 0.717) is 18.1 Å². The first-order valence-electron chi connectivity index (χ1n) is 11.7. The number of hydrogen-bond donors (Lipinski definition) is 1. The second kappa shape index (κ2) is 10.2. The average Bonchev–Trinajstić information content (AvgIpc) is 2.76. The minimum Gasteiger partial charge on any atom is -0.493 e. The molecule has 1 atom stereocenters. The number of aryl methyl sites for hydroxylation is 3. The Kier molecular flexibility index (Phi) is 7.63. The van der Waals surface area contributed by atoms with E-state index in [1.807, 2.05) is 12.1 Å². The quantitative estimate of drug-likeness (QED) is 0.389. The van der Waals surface area contributed by atoms with Crippen molar-refractivity contribution in [3.05, 3.63) is 88.5 Å². The monoisotopic (exact) mass is 444 g/mol. The van der Waals surface area contributed by atoms with Crippen LogP contribution in [-0.2, 0) is 11.8 Å². The summed E-state index contributed by atoms with van der Waals surface area (Å²) < 4.78 is 6.15. The largest absolute Gasteiger partial charge is 0.493 e. The van der Waals surface area contributed by atoms with E-state index < -0.39 is 5.97 Å². The highest BCUT2D eigenvalue weighted by atomic mass is 16.5. The number of aromatic carboxylic acids is 1. The third-order valence-corrected chi connectivity index (χ3v) is 6.21. The van der Waals surface area contributed by atoms with Crippen molar-refractivity contribution in [1.29, 1.82) is 0 Å². The first kappa shape index (κ1) is 24.6. The lowest BCUT2D eigenvalue weighted by molar-refractivity contribution is 0.0697. The van der Waals surface area contributed by atoms with E-state index in [0.717, 1.165) is 24.2 Å². The van der Waals surface area contributed by atoms with Crippen LogP contribution in [0.2, 0.25) is 0 Å². The first-order valence-corrected chi connectivity index (χ1v) is 11.7. The molecule has 3 nitrogen and oxygen atoms in total. The van der Waals surface area contributed by atoms with Crippen molar-refractivity contribution in [2.24, 2.45) is 5.92 Å². The van der Waals surface area contributed by atoms with Crippen LogP contribution in [0.1, 0.15) is 66.7 Å². The van der Waals surface area contributed by atoms with Gasteiger partial charge < -0.3 is 9.84 Å². The zero-order valence-electron chi connectivity index (χ0n) is 20.7. The summed E-state index contributed by atoms with van der Waals surface area (Å²) in [4.78, 5) is 11.0. The van der Waals surface area contributed by atoms with Gasteiger partial charge in [-0.2, -0.15) is 0 Å². The van der Waals surface area contributed by atoms with Gasteiger partial charge in [-0.15, -0.1) is 0 Å². The Hall–Kier alpha value is -3.07. The van der Waals surface area contributed by atoms with Gasteiger partial charge in [-0.3, -0.25) is 0 Å². The van der Waals surface area contributed by atoms with E-state index >= 15 is 0 Å². The fourth-order valence-electron chi connectivity index (χ4n) is 4.15. The van der Waals surface area contributed by atoms with Crippen molar-refractivity contribution in [3.8, 4) is 16.9 Å². The van der Waals surface area contributed by atoms with E-state index in [2.05, 4.69) is 77.9 Å².